The smallest absolute Gasteiger partial charge is 0.277 e. The number of amides is 1. The van der Waals surface area contributed by atoms with E-state index < -0.39 is 0 Å². The second-order valence-corrected chi connectivity index (χ2v) is 6.27. The number of nitrogens with one attached hydrogen (secondary N) is 1. The largest absolute Gasteiger partial charge is 0.484 e. The van der Waals surface area contributed by atoms with Crippen molar-refractivity contribution in [1.82, 2.24) is 5.43 Å². The van der Waals surface area contributed by atoms with E-state index in [9.17, 15) is 4.79 Å². The van der Waals surface area contributed by atoms with Crippen LogP contribution in [0.5, 0.6) is 5.75 Å². The first-order valence-electron chi connectivity index (χ1n) is 7.55. The summed E-state index contributed by atoms with van der Waals surface area (Å²) in [5.41, 5.74) is 4.77. The van der Waals surface area contributed by atoms with E-state index in [1.165, 1.54) is 5.56 Å². The van der Waals surface area contributed by atoms with Crippen molar-refractivity contribution in [2.45, 2.75) is 26.2 Å². The van der Waals surface area contributed by atoms with Crippen LogP contribution in [0, 0.1) is 0 Å². The third kappa shape index (κ3) is 5.58. The molecule has 4 heteroatoms. The summed E-state index contributed by atoms with van der Waals surface area (Å²) in [7, 11) is 0. The van der Waals surface area contributed by atoms with Crippen LogP contribution in [0.2, 0.25) is 0 Å². The molecule has 0 aromatic heterocycles. The molecule has 0 saturated carbocycles. The van der Waals surface area contributed by atoms with Gasteiger partial charge in [0.05, 0.1) is 6.21 Å². The zero-order valence-electron chi connectivity index (χ0n) is 13.7. The Kier molecular flexibility index (Phi) is 5.52. The molecule has 0 bridgehead atoms. The number of rotatable bonds is 5. The Morgan fingerprint density at radius 2 is 1.74 bits per heavy atom. The molecule has 0 aliphatic carbocycles. The predicted molar refractivity (Wildman–Crippen MR) is 92.8 cm³/mol. The van der Waals surface area contributed by atoms with Gasteiger partial charge in [0.2, 0.25) is 0 Å². The molecule has 0 atom stereocenters. The third-order valence-electron chi connectivity index (χ3n) is 3.29. The zero-order chi connectivity index (χ0) is 16.7. The fraction of sp³-hybridized carbons (Fsp3) is 0.263. The number of hydrogen-bond acceptors (Lipinski definition) is 3. The SMILES string of the molecule is CC(C)(C)c1ccc(C=NNC(=O)COc2ccccc2)cc1. The molecular weight excluding hydrogens is 288 g/mol. The van der Waals surface area contributed by atoms with Crippen molar-refractivity contribution < 1.29 is 9.53 Å². The number of hydrazone groups is 1. The van der Waals surface area contributed by atoms with Gasteiger partial charge in [0, 0.05) is 0 Å². The van der Waals surface area contributed by atoms with Crippen LogP contribution < -0.4 is 10.2 Å². The van der Waals surface area contributed by atoms with E-state index in [0.717, 1.165) is 5.56 Å². The van der Waals surface area contributed by atoms with Crippen molar-refractivity contribution in [3.05, 3.63) is 65.7 Å². The molecule has 0 saturated heterocycles. The monoisotopic (exact) mass is 310 g/mol. The van der Waals surface area contributed by atoms with Crippen LogP contribution in [0.15, 0.2) is 59.7 Å². The van der Waals surface area contributed by atoms with Gasteiger partial charge < -0.3 is 4.74 Å². The fourth-order valence-corrected chi connectivity index (χ4v) is 1.95. The van der Waals surface area contributed by atoms with Gasteiger partial charge >= 0.3 is 0 Å². The maximum atomic E-state index is 11.6. The van der Waals surface area contributed by atoms with Gasteiger partial charge in [0.15, 0.2) is 6.61 Å². The van der Waals surface area contributed by atoms with Crippen molar-refractivity contribution in [2.24, 2.45) is 5.10 Å². The summed E-state index contributed by atoms with van der Waals surface area (Å²) in [5, 5.41) is 3.94. The lowest BCUT2D eigenvalue weighted by molar-refractivity contribution is -0.123. The van der Waals surface area contributed by atoms with Crippen LogP contribution in [0.3, 0.4) is 0 Å². The molecule has 0 fully saturated rings. The number of benzene rings is 2. The normalized spacial score (nSPS) is 11.4. The minimum absolute atomic E-state index is 0.0652. The second-order valence-electron chi connectivity index (χ2n) is 6.27. The topological polar surface area (TPSA) is 50.7 Å². The van der Waals surface area contributed by atoms with Crippen molar-refractivity contribution in [3.8, 4) is 5.75 Å². The first kappa shape index (κ1) is 16.7. The number of carbonyl (C=O) groups is 1. The van der Waals surface area contributed by atoms with E-state index >= 15 is 0 Å². The molecule has 2 aromatic carbocycles. The highest BCUT2D eigenvalue weighted by Gasteiger charge is 2.12. The first-order valence-corrected chi connectivity index (χ1v) is 7.55. The van der Waals surface area contributed by atoms with Gasteiger partial charge in [-0.2, -0.15) is 5.10 Å². The molecule has 4 nitrogen and oxygen atoms in total. The Labute approximate surface area is 137 Å². The summed E-state index contributed by atoms with van der Waals surface area (Å²) in [4.78, 5) is 11.6. The molecule has 2 rings (SSSR count). The average Bonchev–Trinajstić information content (AvgIpc) is 2.53. The van der Waals surface area contributed by atoms with Gasteiger partial charge in [-0.25, -0.2) is 5.43 Å². The van der Waals surface area contributed by atoms with Gasteiger partial charge in [-0.05, 0) is 28.7 Å². The Balaban J connectivity index is 1.80. The molecule has 0 spiro atoms. The first-order chi connectivity index (χ1) is 10.9. The zero-order valence-corrected chi connectivity index (χ0v) is 13.7. The van der Waals surface area contributed by atoms with Gasteiger partial charge in [-0.1, -0.05) is 63.2 Å². The van der Waals surface area contributed by atoms with Gasteiger partial charge in [0.25, 0.3) is 5.91 Å². The van der Waals surface area contributed by atoms with Crippen LogP contribution in [0.4, 0.5) is 0 Å². The fourth-order valence-electron chi connectivity index (χ4n) is 1.95. The summed E-state index contributed by atoms with van der Waals surface area (Å²) in [5.74, 6) is 0.362. The van der Waals surface area contributed by atoms with E-state index in [1.807, 2.05) is 30.3 Å². The van der Waals surface area contributed by atoms with Crippen molar-refractivity contribution >= 4 is 12.1 Å². The summed E-state index contributed by atoms with van der Waals surface area (Å²) < 4.78 is 5.34. The molecule has 1 N–H and O–H groups in total. The molecule has 0 unspecified atom stereocenters. The lowest BCUT2D eigenvalue weighted by atomic mass is 9.87. The van der Waals surface area contributed by atoms with E-state index in [-0.39, 0.29) is 17.9 Å². The number of ether oxygens (including phenoxy) is 1. The van der Waals surface area contributed by atoms with E-state index in [1.54, 1.807) is 18.3 Å². The summed E-state index contributed by atoms with van der Waals surface area (Å²) >= 11 is 0. The van der Waals surface area contributed by atoms with Gasteiger partial charge in [-0.3, -0.25) is 4.79 Å². The highest BCUT2D eigenvalue weighted by Crippen LogP contribution is 2.21. The summed E-state index contributed by atoms with van der Waals surface area (Å²) in [6, 6.07) is 17.3. The van der Waals surface area contributed by atoms with Crippen LogP contribution in [0.1, 0.15) is 31.9 Å². The molecule has 23 heavy (non-hydrogen) atoms. The quantitative estimate of drug-likeness (QED) is 0.678. The number of carbonyl (C=O) groups excluding carboxylic acids is 1. The lowest BCUT2D eigenvalue weighted by Gasteiger charge is -2.18. The minimum atomic E-state index is -0.295. The predicted octanol–water partition coefficient (Wildman–Crippen LogP) is 3.51. The molecule has 0 aliphatic heterocycles. The molecule has 0 aliphatic rings. The van der Waals surface area contributed by atoms with Crippen molar-refractivity contribution in [2.75, 3.05) is 6.61 Å². The molecule has 0 radical (unpaired) electrons. The Bertz CT molecular complexity index is 656. The van der Waals surface area contributed by atoms with Crippen molar-refractivity contribution in [1.29, 1.82) is 0 Å². The number of nitrogens with zero attached hydrogens (tertiary/aromatic N) is 1. The van der Waals surface area contributed by atoms with E-state index in [2.05, 4.69) is 43.4 Å². The molecule has 2 aromatic rings. The molecule has 1 amide bonds. The van der Waals surface area contributed by atoms with Crippen molar-refractivity contribution in [3.63, 3.8) is 0 Å². The summed E-state index contributed by atoms with van der Waals surface area (Å²) in [6.45, 7) is 6.44. The number of para-hydroxylation sites is 1. The van der Waals surface area contributed by atoms with Gasteiger partial charge in [-0.15, -0.1) is 0 Å². The van der Waals surface area contributed by atoms with Crippen LogP contribution in [-0.4, -0.2) is 18.7 Å². The van der Waals surface area contributed by atoms with E-state index in [4.69, 9.17) is 4.74 Å². The van der Waals surface area contributed by atoms with Crippen LogP contribution >= 0.6 is 0 Å². The van der Waals surface area contributed by atoms with Crippen LogP contribution in [-0.2, 0) is 10.2 Å². The maximum Gasteiger partial charge on any atom is 0.277 e. The molecular formula is C19H22N2O2. The maximum absolute atomic E-state index is 11.6. The Morgan fingerprint density at radius 1 is 1.09 bits per heavy atom. The Morgan fingerprint density at radius 3 is 2.35 bits per heavy atom. The minimum Gasteiger partial charge on any atom is -0.484 e. The Hall–Kier alpha value is -2.62. The molecule has 120 valence electrons. The van der Waals surface area contributed by atoms with Crippen LogP contribution in [0.25, 0.3) is 0 Å². The van der Waals surface area contributed by atoms with E-state index in [0.29, 0.717) is 5.75 Å². The number of hydrogen-bond donors (Lipinski definition) is 1. The van der Waals surface area contributed by atoms with Gasteiger partial charge in [0.1, 0.15) is 5.75 Å². The molecule has 0 heterocycles. The highest BCUT2D eigenvalue weighted by molar-refractivity contribution is 5.82. The highest BCUT2D eigenvalue weighted by atomic mass is 16.5. The standard InChI is InChI=1S/C19H22N2O2/c1-19(2,3)16-11-9-15(10-12-16)13-20-21-18(22)14-23-17-7-5-4-6-8-17/h4-13H,14H2,1-3H3,(H,21,22). The lowest BCUT2D eigenvalue weighted by Crippen LogP contribution is -2.24. The second kappa shape index (κ2) is 7.58. The average molecular weight is 310 g/mol. The summed E-state index contributed by atoms with van der Waals surface area (Å²) in [6.07, 6.45) is 1.62. The third-order valence-corrected chi connectivity index (χ3v) is 3.29.